The molecule has 0 bridgehead atoms. The summed E-state index contributed by atoms with van der Waals surface area (Å²) in [4.78, 5) is 21.0. The monoisotopic (exact) mass is 602 g/mol. The Kier molecular flexibility index (Phi) is 9.93. The largest absolute Gasteiger partial charge is 0.464 e. The maximum absolute atomic E-state index is 13.9. The van der Waals surface area contributed by atoms with Crippen LogP contribution in [0.3, 0.4) is 0 Å². The van der Waals surface area contributed by atoms with Crippen molar-refractivity contribution in [2.45, 2.75) is 70.5 Å². The minimum Gasteiger partial charge on any atom is -0.464 e. The van der Waals surface area contributed by atoms with Crippen LogP contribution in [0.5, 0.6) is 5.75 Å². The first kappa shape index (κ1) is 31.5. The number of aromatic nitrogens is 4. The predicted molar refractivity (Wildman–Crippen MR) is 148 cm³/mol. The number of hydrogen-bond acceptors (Lipinski definition) is 12. The van der Waals surface area contributed by atoms with Crippen molar-refractivity contribution in [1.82, 2.24) is 24.7 Å². The number of nitrogens with zero attached hydrogens (tertiary/aromatic N) is 5. The molecule has 226 valence electrons. The summed E-state index contributed by atoms with van der Waals surface area (Å²) < 4.78 is 37.8. The quantitative estimate of drug-likeness (QED) is 0.191. The number of aliphatic hydroxyl groups is 2. The van der Waals surface area contributed by atoms with Crippen LogP contribution >= 0.6 is 7.75 Å². The molecule has 4 rings (SSSR count). The molecule has 1 aromatic carbocycles. The van der Waals surface area contributed by atoms with E-state index in [4.69, 9.17) is 18.5 Å². The second-order valence-corrected chi connectivity index (χ2v) is 11.7. The third-order valence-electron chi connectivity index (χ3n) is 7.18. The third kappa shape index (κ3) is 6.47. The van der Waals surface area contributed by atoms with Gasteiger partial charge >= 0.3 is 13.7 Å². The Morgan fingerprint density at radius 1 is 1.26 bits per heavy atom. The van der Waals surface area contributed by atoms with E-state index in [0.29, 0.717) is 11.3 Å². The molecule has 2 aromatic heterocycles. The summed E-state index contributed by atoms with van der Waals surface area (Å²) in [6, 6.07) is 9.00. The second-order valence-electron chi connectivity index (χ2n) is 10.0. The highest BCUT2D eigenvalue weighted by Gasteiger charge is 2.58. The van der Waals surface area contributed by atoms with Gasteiger partial charge in [0, 0.05) is 0 Å². The highest BCUT2D eigenvalue weighted by Crippen LogP contribution is 2.47. The van der Waals surface area contributed by atoms with Crippen molar-refractivity contribution in [2.75, 3.05) is 13.2 Å². The lowest BCUT2D eigenvalue weighted by atomic mass is 9.93. The molecule has 1 aliphatic rings. The van der Waals surface area contributed by atoms with Crippen molar-refractivity contribution in [3.63, 3.8) is 0 Å². The van der Waals surface area contributed by atoms with Crippen molar-refractivity contribution in [1.29, 1.82) is 5.26 Å². The number of nitriles is 1. The number of benzene rings is 1. The van der Waals surface area contributed by atoms with Crippen LogP contribution in [0.1, 0.15) is 45.0 Å². The van der Waals surface area contributed by atoms with Gasteiger partial charge in [-0.15, -0.1) is 0 Å². The molecule has 0 unspecified atom stereocenters. The molecule has 3 aromatic rings. The summed E-state index contributed by atoms with van der Waals surface area (Å²) in [5.74, 6) is -0.268. The second kappa shape index (κ2) is 13.2. The fraction of sp³-hybridized carbons (Fsp3) is 0.519. The van der Waals surface area contributed by atoms with Crippen LogP contribution in [-0.2, 0) is 29.0 Å². The van der Waals surface area contributed by atoms with Crippen molar-refractivity contribution in [3.8, 4) is 11.8 Å². The van der Waals surface area contributed by atoms with Gasteiger partial charge < -0.3 is 24.2 Å². The number of aliphatic hydroxyl groups excluding tert-OH is 2. The zero-order valence-corrected chi connectivity index (χ0v) is 24.7. The van der Waals surface area contributed by atoms with Gasteiger partial charge in [-0.3, -0.25) is 9.32 Å². The zero-order chi connectivity index (χ0) is 30.5. The number of ether oxygens (including phenoxy) is 2. The fourth-order valence-electron chi connectivity index (χ4n) is 4.52. The maximum atomic E-state index is 13.9. The minimum absolute atomic E-state index is 0.0650. The number of imidazole rings is 1. The summed E-state index contributed by atoms with van der Waals surface area (Å²) >= 11 is 0. The average molecular weight is 603 g/mol. The van der Waals surface area contributed by atoms with Gasteiger partial charge in [0.2, 0.25) is 5.60 Å². The van der Waals surface area contributed by atoms with E-state index in [1.165, 1.54) is 24.0 Å². The number of para-hydroxylation sites is 1. The van der Waals surface area contributed by atoms with E-state index < -0.39 is 50.3 Å². The van der Waals surface area contributed by atoms with E-state index in [0.717, 1.165) is 12.8 Å². The number of nitrogens with one attached hydrogen (secondary N) is 1. The van der Waals surface area contributed by atoms with Crippen LogP contribution in [0.15, 0.2) is 42.9 Å². The Balaban J connectivity index is 1.53. The topological polar surface area (TPSA) is 190 Å². The van der Waals surface area contributed by atoms with Gasteiger partial charge in [-0.1, -0.05) is 44.9 Å². The van der Waals surface area contributed by atoms with Crippen LogP contribution in [0.25, 0.3) is 5.65 Å². The first-order valence-electron chi connectivity index (χ1n) is 13.6. The first-order chi connectivity index (χ1) is 20.1. The Morgan fingerprint density at radius 2 is 1.98 bits per heavy atom. The van der Waals surface area contributed by atoms with E-state index in [-0.39, 0.29) is 24.0 Å². The SMILES string of the molecule is CCC(CC)COC(=O)[C@H](C)N[P@](=O)(OC[C@H]1O[C@@](C#N)(c2cnc3c(C)ncnn23)[C@H](O)[C@@H]1O)Oc1ccccc1. The molecule has 6 atom stereocenters. The molecule has 0 spiro atoms. The molecular formula is C27H35N6O8P. The minimum atomic E-state index is -4.31. The molecule has 0 radical (unpaired) electrons. The molecule has 0 saturated carbocycles. The molecular weight excluding hydrogens is 567 g/mol. The average Bonchev–Trinajstić information content (AvgIpc) is 3.53. The third-order valence-corrected chi connectivity index (χ3v) is 8.83. The number of aryl methyl sites for hydroxylation is 1. The number of carbonyl (C=O) groups excluding carboxylic acids is 1. The highest BCUT2D eigenvalue weighted by molar-refractivity contribution is 7.52. The number of fused-ring (bicyclic) bond motifs is 1. The van der Waals surface area contributed by atoms with Gasteiger partial charge in [-0.2, -0.15) is 15.4 Å². The number of carbonyl (C=O) groups is 1. The number of rotatable bonds is 13. The van der Waals surface area contributed by atoms with Crippen LogP contribution in [0.2, 0.25) is 0 Å². The number of hydrogen-bond donors (Lipinski definition) is 3. The Bertz CT molecular complexity index is 1460. The first-order valence-corrected chi connectivity index (χ1v) is 15.2. The predicted octanol–water partition coefficient (Wildman–Crippen LogP) is 2.43. The molecule has 0 amide bonds. The fourth-order valence-corrected chi connectivity index (χ4v) is 6.02. The summed E-state index contributed by atoms with van der Waals surface area (Å²) in [6.45, 7) is 6.79. The number of esters is 1. The van der Waals surface area contributed by atoms with Crippen molar-refractivity contribution in [2.24, 2.45) is 5.92 Å². The molecule has 1 saturated heterocycles. The summed E-state index contributed by atoms with van der Waals surface area (Å²) in [5.41, 5.74) is -1.16. The molecule has 1 fully saturated rings. The van der Waals surface area contributed by atoms with Crippen LogP contribution in [-0.4, -0.2) is 73.3 Å². The lowest BCUT2D eigenvalue weighted by molar-refractivity contribution is -0.146. The van der Waals surface area contributed by atoms with Crippen LogP contribution in [0, 0.1) is 24.2 Å². The molecule has 3 heterocycles. The van der Waals surface area contributed by atoms with Gasteiger partial charge in [0.15, 0.2) is 5.65 Å². The van der Waals surface area contributed by atoms with Crippen molar-refractivity contribution < 1.29 is 38.1 Å². The molecule has 3 N–H and O–H groups in total. The molecule has 0 aliphatic carbocycles. The summed E-state index contributed by atoms with van der Waals surface area (Å²) in [7, 11) is -4.31. The summed E-state index contributed by atoms with van der Waals surface area (Å²) in [5, 5.41) is 38.7. The molecule has 42 heavy (non-hydrogen) atoms. The van der Waals surface area contributed by atoms with Gasteiger partial charge in [-0.05, 0) is 31.9 Å². The molecule has 14 nitrogen and oxygen atoms in total. The highest BCUT2D eigenvalue weighted by atomic mass is 31.2. The van der Waals surface area contributed by atoms with E-state index in [2.05, 4.69) is 20.2 Å². The van der Waals surface area contributed by atoms with E-state index in [9.17, 15) is 24.8 Å². The Labute approximate surface area is 243 Å². The van der Waals surface area contributed by atoms with Gasteiger partial charge in [0.05, 0.1) is 25.1 Å². The van der Waals surface area contributed by atoms with E-state index in [1.54, 1.807) is 37.3 Å². The lowest BCUT2D eigenvalue weighted by Crippen LogP contribution is -2.41. The van der Waals surface area contributed by atoms with Crippen molar-refractivity contribution >= 4 is 19.4 Å². The smallest absolute Gasteiger partial charge is 0.459 e. The van der Waals surface area contributed by atoms with Crippen LogP contribution < -0.4 is 9.61 Å². The lowest BCUT2D eigenvalue weighted by Gasteiger charge is -2.25. The van der Waals surface area contributed by atoms with Crippen molar-refractivity contribution in [3.05, 3.63) is 54.2 Å². The van der Waals surface area contributed by atoms with E-state index in [1.807, 2.05) is 19.9 Å². The van der Waals surface area contributed by atoms with Gasteiger partial charge in [-0.25, -0.2) is 19.0 Å². The standard InChI is InChI=1S/C27H35N6O8P/c1-5-19(6-2)13-38-26(36)18(4)32-42(37,41-20-10-8-7-9-11-20)39-14-21-23(34)24(35)27(15-28,40-21)22-12-29-25-17(3)30-16-31-33(22)25/h7-12,16,18-19,21,23-24,34-35H,5-6,13-14H2,1-4H3,(H,32,37)/t18-,21+,23+,24+,27-,42-/m0/s1. The van der Waals surface area contributed by atoms with Gasteiger partial charge in [0.25, 0.3) is 0 Å². The van der Waals surface area contributed by atoms with Crippen LogP contribution in [0.4, 0.5) is 0 Å². The maximum Gasteiger partial charge on any atom is 0.459 e. The summed E-state index contributed by atoms with van der Waals surface area (Å²) in [6.07, 6.45) is -0.467. The Hall–Kier alpha value is -3.44. The van der Waals surface area contributed by atoms with E-state index >= 15 is 0 Å². The zero-order valence-electron chi connectivity index (χ0n) is 23.8. The molecule has 15 heteroatoms. The molecule has 1 aliphatic heterocycles. The Morgan fingerprint density at radius 3 is 2.64 bits per heavy atom. The normalized spacial score (nSPS) is 24.3. The van der Waals surface area contributed by atoms with Gasteiger partial charge in [0.1, 0.15) is 48.2 Å².